The number of benzene rings is 2. The average Bonchev–Trinajstić information content (AvgIpc) is 2.37. The van der Waals surface area contributed by atoms with Crippen LogP contribution < -0.4 is 0 Å². The Bertz CT molecular complexity index is 718. The van der Waals surface area contributed by atoms with Crippen LogP contribution in [0.1, 0.15) is 37.8 Å². The third kappa shape index (κ3) is 3.02. The summed E-state index contributed by atoms with van der Waals surface area (Å²) >= 11 is 0. The van der Waals surface area contributed by atoms with Gasteiger partial charge < -0.3 is 0 Å². The van der Waals surface area contributed by atoms with E-state index in [9.17, 15) is 13.0 Å². The summed E-state index contributed by atoms with van der Waals surface area (Å²) in [4.78, 5) is 0.0153. The average molecular weight is 292 g/mol. The van der Waals surface area contributed by atoms with Crippen molar-refractivity contribution in [2.45, 2.75) is 44.4 Å². The highest BCUT2D eigenvalue weighted by Gasteiger charge is 2.16. The molecule has 0 bridgehead atoms. The van der Waals surface area contributed by atoms with Gasteiger partial charge in [-0.15, -0.1) is 0 Å². The van der Waals surface area contributed by atoms with Gasteiger partial charge in [-0.05, 0) is 35.4 Å². The van der Waals surface area contributed by atoms with Gasteiger partial charge in [0, 0.05) is 5.39 Å². The maximum absolute atomic E-state index is 11.6. The Morgan fingerprint density at radius 3 is 2.35 bits per heavy atom. The van der Waals surface area contributed by atoms with E-state index in [0.29, 0.717) is 5.39 Å². The molecular weight excluding hydrogens is 272 g/mol. The van der Waals surface area contributed by atoms with E-state index < -0.39 is 10.1 Å². The van der Waals surface area contributed by atoms with Crippen LogP contribution in [-0.2, 0) is 23.0 Å². The van der Waals surface area contributed by atoms with Crippen LogP contribution in [0.4, 0.5) is 0 Å². The highest BCUT2D eigenvalue weighted by atomic mass is 32.2. The number of aryl methyl sites for hydroxylation is 2. The number of hydrogen-bond donors (Lipinski definition) is 1. The molecule has 108 valence electrons. The minimum atomic E-state index is -4.20. The first-order valence-electron chi connectivity index (χ1n) is 6.99. The summed E-state index contributed by atoms with van der Waals surface area (Å²) in [5.74, 6) is 0. The summed E-state index contributed by atoms with van der Waals surface area (Å²) in [6.07, 6.45) is 3.77. The molecule has 0 atom stereocenters. The highest BCUT2D eigenvalue weighted by molar-refractivity contribution is 7.86. The van der Waals surface area contributed by atoms with E-state index in [1.54, 1.807) is 6.07 Å². The summed E-state index contributed by atoms with van der Waals surface area (Å²) < 4.78 is 32.6. The van der Waals surface area contributed by atoms with Crippen molar-refractivity contribution < 1.29 is 13.0 Å². The molecule has 2 aromatic rings. The second kappa shape index (κ2) is 5.94. The molecule has 0 aromatic heterocycles. The van der Waals surface area contributed by atoms with Crippen LogP contribution in [-0.4, -0.2) is 13.0 Å². The molecule has 0 heterocycles. The van der Waals surface area contributed by atoms with E-state index in [1.807, 2.05) is 12.1 Å². The van der Waals surface area contributed by atoms with Crippen molar-refractivity contribution in [1.82, 2.24) is 0 Å². The largest absolute Gasteiger partial charge is 0.295 e. The summed E-state index contributed by atoms with van der Waals surface area (Å²) in [6, 6.07) is 9.15. The quantitative estimate of drug-likeness (QED) is 0.848. The predicted molar refractivity (Wildman–Crippen MR) is 81.8 cm³/mol. The maximum atomic E-state index is 11.6. The van der Waals surface area contributed by atoms with Crippen molar-refractivity contribution in [1.29, 1.82) is 0 Å². The Morgan fingerprint density at radius 1 is 1.05 bits per heavy atom. The van der Waals surface area contributed by atoms with Crippen molar-refractivity contribution in [3.8, 4) is 0 Å². The number of hydrogen-bond acceptors (Lipinski definition) is 2. The third-order valence-electron chi connectivity index (χ3n) is 3.42. The van der Waals surface area contributed by atoms with Crippen molar-refractivity contribution >= 4 is 20.9 Å². The van der Waals surface area contributed by atoms with Crippen LogP contribution in [0.25, 0.3) is 10.8 Å². The van der Waals surface area contributed by atoms with Gasteiger partial charge in [0.15, 0.2) is 0 Å². The minimum Gasteiger partial charge on any atom is -0.282 e. The topological polar surface area (TPSA) is 54.4 Å². The molecule has 1 N–H and O–H groups in total. The summed E-state index contributed by atoms with van der Waals surface area (Å²) in [6.45, 7) is 4.19. The molecule has 0 saturated heterocycles. The number of rotatable bonds is 5. The Hall–Kier alpha value is -1.39. The maximum Gasteiger partial charge on any atom is 0.295 e. The lowest BCUT2D eigenvalue weighted by atomic mass is 9.96. The fourth-order valence-corrected chi connectivity index (χ4v) is 3.42. The van der Waals surface area contributed by atoms with Gasteiger partial charge in [0.05, 0.1) is 0 Å². The minimum absolute atomic E-state index is 0.0153. The van der Waals surface area contributed by atoms with Crippen molar-refractivity contribution in [2.24, 2.45) is 0 Å². The Morgan fingerprint density at radius 2 is 1.75 bits per heavy atom. The van der Waals surface area contributed by atoms with Gasteiger partial charge in [-0.25, -0.2) is 0 Å². The normalized spacial score (nSPS) is 11.9. The van der Waals surface area contributed by atoms with E-state index in [1.165, 1.54) is 11.6 Å². The van der Waals surface area contributed by atoms with Crippen molar-refractivity contribution in [2.75, 3.05) is 0 Å². The van der Waals surface area contributed by atoms with Gasteiger partial charge in [-0.2, -0.15) is 8.42 Å². The van der Waals surface area contributed by atoms with Crippen LogP contribution in [0, 0.1) is 0 Å². The molecule has 0 saturated carbocycles. The molecule has 2 rings (SSSR count). The van der Waals surface area contributed by atoms with Gasteiger partial charge in [0.1, 0.15) is 4.90 Å². The highest BCUT2D eigenvalue weighted by Crippen LogP contribution is 2.29. The van der Waals surface area contributed by atoms with Crippen LogP contribution in [0.2, 0.25) is 0 Å². The SMILES string of the molecule is CCCc1cc(CCC)c2c(S(=O)(=O)O)cccc2c1. The molecule has 0 radical (unpaired) electrons. The monoisotopic (exact) mass is 292 g/mol. The van der Waals surface area contributed by atoms with E-state index in [4.69, 9.17) is 0 Å². The van der Waals surface area contributed by atoms with Gasteiger partial charge >= 0.3 is 0 Å². The fourth-order valence-electron chi connectivity index (χ4n) is 2.66. The van der Waals surface area contributed by atoms with Gasteiger partial charge in [0.2, 0.25) is 0 Å². The molecular formula is C16H20O3S. The predicted octanol–water partition coefficient (Wildman–Crippen LogP) is 3.99. The molecule has 4 heteroatoms. The standard InChI is InChI=1S/C16H20O3S/c1-3-6-12-10-13(7-4-2)16-14(11-12)8-5-9-15(16)20(17,18)19/h5,8-11H,3-4,6-7H2,1-2H3,(H,17,18,19). The zero-order chi connectivity index (χ0) is 14.8. The second-order valence-corrected chi connectivity index (χ2v) is 6.47. The van der Waals surface area contributed by atoms with E-state index in [-0.39, 0.29) is 4.90 Å². The molecule has 3 nitrogen and oxygen atoms in total. The van der Waals surface area contributed by atoms with E-state index >= 15 is 0 Å². The molecule has 0 amide bonds. The zero-order valence-electron chi connectivity index (χ0n) is 11.9. The fraction of sp³-hybridized carbons (Fsp3) is 0.375. The third-order valence-corrected chi connectivity index (χ3v) is 4.31. The molecule has 0 aliphatic heterocycles. The molecule has 0 aliphatic carbocycles. The summed E-state index contributed by atoms with van der Waals surface area (Å²) in [5.41, 5.74) is 2.22. The lowest BCUT2D eigenvalue weighted by Gasteiger charge is -2.12. The number of fused-ring (bicyclic) bond motifs is 1. The molecule has 0 aliphatic rings. The van der Waals surface area contributed by atoms with Gasteiger partial charge in [-0.1, -0.05) is 51.0 Å². The van der Waals surface area contributed by atoms with E-state index in [2.05, 4.69) is 19.9 Å². The molecule has 0 fully saturated rings. The van der Waals surface area contributed by atoms with E-state index in [0.717, 1.165) is 36.6 Å². The van der Waals surface area contributed by atoms with Crippen LogP contribution in [0.3, 0.4) is 0 Å². The lowest BCUT2D eigenvalue weighted by Crippen LogP contribution is -2.02. The molecule has 0 unspecified atom stereocenters. The zero-order valence-corrected chi connectivity index (χ0v) is 12.7. The first-order valence-corrected chi connectivity index (χ1v) is 8.43. The Balaban J connectivity index is 2.79. The van der Waals surface area contributed by atoms with Crippen LogP contribution >= 0.6 is 0 Å². The molecule has 0 spiro atoms. The first kappa shape index (κ1) is 15.0. The van der Waals surface area contributed by atoms with Gasteiger partial charge in [-0.3, -0.25) is 4.55 Å². The van der Waals surface area contributed by atoms with Crippen LogP contribution in [0.5, 0.6) is 0 Å². The van der Waals surface area contributed by atoms with Crippen molar-refractivity contribution in [3.05, 3.63) is 41.5 Å². The Labute approximate surface area is 120 Å². The summed E-state index contributed by atoms with van der Waals surface area (Å²) in [5, 5.41) is 1.55. The smallest absolute Gasteiger partial charge is 0.282 e. The van der Waals surface area contributed by atoms with Crippen molar-refractivity contribution in [3.63, 3.8) is 0 Å². The van der Waals surface area contributed by atoms with Gasteiger partial charge in [0.25, 0.3) is 10.1 Å². The first-order chi connectivity index (χ1) is 9.47. The molecule has 2 aromatic carbocycles. The Kier molecular flexibility index (Phi) is 4.45. The molecule has 20 heavy (non-hydrogen) atoms. The lowest BCUT2D eigenvalue weighted by molar-refractivity contribution is 0.484. The van der Waals surface area contributed by atoms with Crippen LogP contribution in [0.15, 0.2) is 35.2 Å². The second-order valence-electron chi connectivity index (χ2n) is 5.08. The summed E-state index contributed by atoms with van der Waals surface area (Å²) in [7, 11) is -4.20.